The molecule has 0 aromatic heterocycles. The SMILES string of the molecule is Cc1cc2nc3c(=O)[nH]c(=O)nc-3n(CC(O)C(O)C(O)OP(=O)(O)O)c2cc1C. The van der Waals surface area contributed by atoms with Gasteiger partial charge in [-0.2, -0.15) is 4.98 Å². The highest BCUT2D eigenvalue weighted by Gasteiger charge is 2.32. The number of rotatable bonds is 6. The number of aliphatic hydroxyl groups excluding tert-OH is 3. The van der Waals surface area contributed by atoms with E-state index in [0.717, 1.165) is 11.1 Å². The summed E-state index contributed by atoms with van der Waals surface area (Å²) in [6.07, 6.45) is -6.37. The Labute approximate surface area is 167 Å². The highest BCUT2D eigenvalue weighted by atomic mass is 31.2. The summed E-state index contributed by atoms with van der Waals surface area (Å²) < 4.78 is 16.1. The number of hydrogen-bond acceptors (Lipinski definition) is 9. The Morgan fingerprint density at radius 2 is 1.77 bits per heavy atom. The number of phosphoric ester groups is 1. The topological polar surface area (TPSA) is 208 Å². The van der Waals surface area contributed by atoms with Gasteiger partial charge in [0.05, 0.1) is 17.6 Å². The number of nitrogens with zero attached hydrogens (tertiary/aromatic N) is 3. The summed E-state index contributed by atoms with van der Waals surface area (Å²) in [6.45, 7) is 3.11. The lowest BCUT2D eigenvalue weighted by atomic mass is 10.1. The fourth-order valence-electron chi connectivity index (χ4n) is 2.92. The molecular formula is C16H19N4O9P. The van der Waals surface area contributed by atoms with Crippen LogP contribution in [0.4, 0.5) is 0 Å². The van der Waals surface area contributed by atoms with Crippen molar-refractivity contribution >= 4 is 18.9 Å². The summed E-state index contributed by atoms with van der Waals surface area (Å²) in [7, 11) is -5.14. The smallest absolute Gasteiger partial charge is 0.388 e. The Kier molecular flexibility index (Phi) is 5.89. The van der Waals surface area contributed by atoms with Crippen molar-refractivity contribution in [2.24, 2.45) is 0 Å². The van der Waals surface area contributed by atoms with E-state index >= 15 is 0 Å². The number of fused-ring (bicyclic) bond motifs is 2. The second-order valence-corrected chi connectivity index (χ2v) is 7.93. The minimum Gasteiger partial charge on any atom is -0.388 e. The average Bonchev–Trinajstić information content (AvgIpc) is 2.61. The third kappa shape index (κ3) is 4.47. The average molecular weight is 442 g/mol. The van der Waals surface area contributed by atoms with Gasteiger partial charge in [0.1, 0.15) is 12.2 Å². The first-order valence-corrected chi connectivity index (χ1v) is 10.1. The molecule has 0 saturated carbocycles. The van der Waals surface area contributed by atoms with Gasteiger partial charge in [0, 0.05) is 0 Å². The molecule has 0 aliphatic carbocycles. The molecule has 2 aliphatic rings. The molecule has 30 heavy (non-hydrogen) atoms. The van der Waals surface area contributed by atoms with Crippen molar-refractivity contribution in [1.82, 2.24) is 19.5 Å². The summed E-state index contributed by atoms with van der Waals surface area (Å²) in [5, 5.41) is 30.0. The van der Waals surface area contributed by atoms with E-state index in [1.54, 1.807) is 19.1 Å². The van der Waals surface area contributed by atoms with Crippen LogP contribution in [0.25, 0.3) is 22.6 Å². The van der Waals surface area contributed by atoms with Crippen LogP contribution >= 0.6 is 7.82 Å². The minimum atomic E-state index is -5.14. The van der Waals surface area contributed by atoms with Crippen LogP contribution in [-0.4, -0.2) is 63.1 Å². The van der Waals surface area contributed by atoms with Crippen LogP contribution in [0.2, 0.25) is 0 Å². The van der Waals surface area contributed by atoms with Crippen molar-refractivity contribution in [2.45, 2.75) is 38.9 Å². The van der Waals surface area contributed by atoms with Crippen molar-refractivity contribution in [3.63, 3.8) is 0 Å². The third-order valence-electron chi connectivity index (χ3n) is 4.53. The van der Waals surface area contributed by atoms with Crippen LogP contribution in [0.5, 0.6) is 0 Å². The largest absolute Gasteiger partial charge is 0.472 e. The van der Waals surface area contributed by atoms with E-state index in [-0.39, 0.29) is 11.5 Å². The second kappa shape index (κ2) is 7.96. The van der Waals surface area contributed by atoms with Gasteiger partial charge in [-0.25, -0.2) is 14.3 Å². The number of hydrogen-bond donors (Lipinski definition) is 6. The molecule has 6 N–H and O–H groups in total. The fraction of sp³-hybridized carbons (Fsp3) is 0.375. The molecule has 0 saturated heterocycles. The number of aromatic amines is 1. The van der Waals surface area contributed by atoms with Crippen LogP contribution in [0.3, 0.4) is 0 Å². The van der Waals surface area contributed by atoms with Crippen LogP contribution in [0, 0.1) is 13.8 Å². The molecule has 3 atom stereocenters. The first kappa shape index (κ1) is 22.2. The summed E-state index contributed by atoms with van der Waals surface area (Å²) in [5.41, 5.74) is 0.426. The number of aliphatic hydroxyl groups is 3. The molecule has 2 aliphatic heterocycles. The van der Waals surface area contributed by atoms with Crippen molar-refractivity contribution in [1.29, 1.82) is 0 Å². The molecule has 162 valence electrons. The van der Waals surface area contributed by atoms with E-state index in [1.807, 2.05) is 11.9 Å². The maximum absolute atomic E-state index is 12.2. The molecule has 0 amide bonds. The van der Waals surface area contributed by atoms with Crippen molar-refractivity contribution in [2.75, 3.05) is 0 Å². The summed E-state index contributed by atoms with van der Waals surface area (Å²) in [5.74, 6) is -0.184. The van der Waals surface area contributed by atoms with Gasteiger partial charge in [-0.3, -0.25) is 14.3 Å². The third-order valence-corrected chi connectivity index (χ3v) is 5.02. The molecule has 0 bridgehead atoms. The Hall–Kier alpha value is -2.51. The quantitative estimate of drug-likeness (QED) is 0.145. The normalized spacial score (nSPS) is 15.4. The van der Waals surface area contributed by atoms with Gasteiger partial charge < -0.3 is 29.7 Å². The Balaban J connectivity index is 2.15. The number of phosphoric acid groups is 1. The molecule has 14 heteroatoms. The molecule has 1 aromatic carbocycles. The van der Waals surface area contributed by atoms with Crippen molar-refractivity contribution < 1.29 is 34.2 Å². The maximum Gasteiger partial charge on any atom is 0.472 e. The monoisotopic (exact) mass is 442 g/mol. The first-order valence-electron chi connectivity index (χ1n) is 8.57. The fourth-order valence-corrected chi connectivity index (χ4v) is 3.33. The van der Waals surface area contributed by atoms with Crippen LogP contribution in [0.15, 0.2) is 21.7 Å². The van der Waals surface area contributed by atoms with Crippen LogP contribution in [0.1, 0.15) is 11.1 Å². The number of nitrogens with one attached hydrogen (secondary N) is 1. The highest BCUT2D eigenvalue weighted by molar-refractivity contribution is 7.46. The molecule has 13 nitrogen and oxygen atoms in total. The Bertz CT molecular complexity index is 1230. The zero-order valence-electron chi connectivity index (χ0n) is 15.8. The lowest BCUT2D eigenvalue weighted by molar-refractivity contribution is -0.152. The standard InChI is InChI=1S/C16H19N4O9P/c1-6-3-8-9(4-7(6)2)20(13-11(17-8)14(23)19-16(25)18-13)5-10(21)12(22)15(24)29-30(26,27)28/h3-4,10,12,15,21-22,24H,5H2,1-2H3,(H,19,23,25)(H2,26,27,28). The van der Waals surface area contributed by atoms with Gasteiger partial charge in [-0.05, 0) is 37.1 Å². The zero-order valence-corrected chi connectivity index (χ0v) is 16.6. The molecule has 0 fully saturated rings. The van der Waals surface area contributed by atoms with Gasteiger partial charge in [-0.1, -0.05) is 0 Å². The number of aryl methyl sites for hydroxylation is 2. The lowest BCUT2D eigenvalue weighted by Crippen LogP contribution is -2.41. The Morgan fingerprint density at radius 3 is 2.40 bits per heavy atom. The predicted molar refractivity (Wildman–Crippen MR) is 102 cm³/mol. The summed E-state index contributed by atoms with van der Waals surface area (Å²) in [6, 6.07) is 3.35. The molecule has 1 aromatic rings. The lowest BCUT2D eigenvalue weighted by Gasteiger charge is -2.25. The van der Waals surface area contributed by atoms with Crippen molar-refractivity contribution in [3.8, 4) is 11.5 Å². The van der Waals surface area contributed by atoms with E-state index in [4.69, 9.17) is 9.79 Å². The van der Waals surface area contributed by atoms with Crippen LogP contribution < -0.4 is 11.2 Å². The van der Waals surface area contributed by atoms with Crippen LogP contribution in [-0.2, 0) is 15.6 Å². The number of aromatic nitrogens is 4. The molecule has 2 heterocycles. The maximum atomic E-state index is 12.2. The van der Waals surface area contributed by atoms with Gasteiger partial charge in [0.15, 0.2) is 17.8 Å². The molecular weight excluding hydrogens is 423 g/mol. The highest BCUT2D eigenvalue weighted by Crippen LogP contribution is 2.38. The molecule has 0 spiro atoms. The van der Waals surface area contributed by atoms with E-state index in [0.29, 0.717) is 11.0 Å². The summed E-state index contributed by atoms with van der Waals surface area (Å²) in [4.78, 5) is 51.4. The van der Waals surface area contributed by atoms with E-state index in [1.165, 1.54) is 4.57 Å². The van der Waals surface area contributed by atoms with E-state index < -0.39 is 44.1 Å². The number of benzene rings is 1. The van der Waals surface area contributed by atoms with Gasteiger partial charge >= 0.3 is 13.5 Å². The van der Waals surface area contributed by atoms with Gasteiger partial charge in [0.2, 0.25) is 0 Å². The summed E-state index contributed by atoms with van der Waals surface area (Å²) >= 11 is 0. The van der Waals surface area contributed by atoms with E-state index in [2.05, 4.69) is 14.5 Å². The molecule has 0 radical (unpaired) electrons. The number of H-pyrrole nitrogens is 1. The van der Waals surface area contributed by atoms with Crippen molar-refractivity contribution in [3.05, 3.63) is 44.1 Å². The van der Waals surface area contributed by atoms with Gasteiger partial charge in [0.25, 0.3) is 5.56 Å². The second-order valence-electron chi connectivity index (χ2n) is 6.74. The predicted octanol–water partition coefficient (Wildman–Crippen LogP) is -1.65. The minimum absolute atomic E-state index is 0.184. The van der Waals surface area contributed by atoms with E-state index in [9.17, 15) is 29.5 Å². The molecule has 3 unspecified atom stereocenters. The Morgan fingerprint density at radius 1 is 1.13 bits per heavy atom. The first-order chi connectivity index (χ1) is 13.9. The molecule has 3 rings (SSSR count). The van der Waals surface area contributed by atoms with Gasteiger partial charge in [-0.15, -0.1) is 0 Å². The zero-order chi connectivity index (χ0) is 22.4.